The van der Waals surface area contributed by atoms with Gasteiger partial charge in [0.2, 0.25) is 0 Å². The molecule has 0 radical (unpaired) electrons. The van der Waals surface area contributed by atoms with E-state index in [1.165, 1.54) is 19.1 Å². The molecule has 0 bridgehead atoms. The zero-order valence-corrected chi connectivity index (χ0v) is 18.1. The van der Waals surface area contributed by atoms with Crippen molar-refractivity contribution in [3.8, 4) is 11.5 Å². The number of hydrogen-bond donors (Lipinski definition) is 0. The van der Waals surface area contributed by atoms with E-state index in [0.717, 1.165) is 11.0 Å². The highest BCUT2D eigenvalue weighted by atomic mass is 31.1. The molecule has 1 aliphatic heterocycles. The smallest absolute Gasteiger partial charge is 0.329 e. The summed E-state index contributed by atoms with van der Waals surface area (Å²) < 4.78 is 42.0. The normalized spacial score (nSPS) is 13.9. The number of aromatic nitrogens is 3. The molecule has 1 unspecified atom stereocenters. The fourth-order valence-corrected chi connectivity index (χ4v) is 4.23. The van der Waals surface area contributed by atoms with Crippen molar-refractivity contribution >= 4 is 37.2 Å². The Hall–Kier alpha value is -3.26. The average molecular weight is 447 g/mol. The molecule has 0 spiro atoms. The minimum atomic E-state index is -0.995. The highest BCUT2D eigenvalue weighted by molar-refractivity contribution is 7.35. The lowest BCUT2D eigenvalue weighted by molar-refractivity contribution is 0.250. The van der Waals surface area contributed by atoms with E-state index in [9.17, 15) is 4.79 Å². The molecule has 2 aromatic heterocycles. The minimum absolute atomic E-state index is 0.0888. The van der Waals surface area contributed by atoms with Gasteiger partial charge >= 0.3 is 6.03 Å². The summed E-state index contributed by atoms with van der Waals surface area (Å²) >= 11 is 0. The first kappa shape index (κ1) is 21.0. The lowest BCUT2D eigenvalue weighted by Gasteiger charge is -2.37. The van der Waals surface area contributed by atoms with Crippen LogP contribution in [-0.4, -0.2) is 48.0 Å². The number of fused-ring (bicyclic) bond motifs is 3. The molecule has 31 heavy (non-hydrogen) atoms. The molecule has 0 N–H and O–H groups in total. The number of anilines is 2. The molecule has 1 aliphatic rings. The number of halogens is 2. The van der Waals surface area contributed by atoms with Gasteiger partial charge in [-0.05, 0) is 6.66 Å². The number of nitrogens with zero attached hydrogens (tertiary/aromatic N) is 5. The molecule has 0 aliphatic carbocycles. The third kappa shape index (κ3) is 3.18. The molecule has 11 heteroatoms. The summed E-state index contributed by atoms with van der Waals surface area (Å²) in [5, 5.41) is 5.01. The van der Waals surface area contributed by atoms with Crippen LogP contribution >= 0.6 is 8.73 Å². The van der Waals surface area contributed by atoms with Gasteiger partial charge < -0.3 is 9.47 Å². The van der Waals surface area contributed by atoms with Crippen LogP contribution in [0.25, 0.3) is 11.0 Å². The van der Waals surface area contributed by atoms with E-state index in [1.54, 1.807) is 22.9 Å². The van der Waals surface area contributed by atoms with E-state index in [1.807, 2.05) is 6.66 Å². The number of hydrogen-bond acceptors (Lipinski definition) is 5. The largest absolute Gasteiger partial charge is 0.493 e. The van der Waals surface area contributed by atoms with Gasteiger partial charge in [0.25, 0.3) is 0 Å². The number of carbonyl (C=O) groups excluding carboxylic acids is 1. The number of ether oxygens (including phenoxy) is 2. The van der Waals surface area contributed by atoms with Crippen LogP contribution < -0.4 is 19.3 Å². The quantitative estimate of drug-likeness (QED) is 0.423. The molecule has 1 aromatic carbocycles. The molecule has 3 aromatic rings. The van der Waals surface area contributed by atoms with E-state index >= 15 is 8.78 Å². The standard InChI is InChI=1S/C20H20F2N5O3P/c1-5-6-25-17-11(8-23-19-12(17)9-24-27(19)31-4)10-26(20(25)28)18-15(21)13(29-2)7-14(30-3)16(18)22/h5,7-9,31H,1,6,10H2,2-4H3. The van der Waals surface area contributed by atoms with Crippen LogP contribution in [0.15, 0.2) is 31.1 Å². The summed E-state index contributed by atoms with van der Waals surface area (Å²) in [6, 6.07) is 0.489. The molecule has 0 fully saturated rings. The Morgan fingerprint density at radius 2 is 1.87 bits per heavy atom. The number of pyridine rings is 1. The van der Waals surface area contributed by atoms with Crippen LogP contribution in [-0.2, 0) is 6.54 Å². The van der Waals surface area contributed by atoms with Crippen molar-refractivity contribution in [2.24, 2.45) is 0 Å². The second-order valence-corrected chi connectivity index (χ2v) is 7.55. The number of urea groups is 1. The predicted molar refractivity (Wildman–Crippen MR) is 116 cm³/mol. The van der Waals surface area contributed by atoms with E-state index in [2.05, 4.69) is 16.7 Å². The topological polar surface area (TPSA) is 72.7 Å². The highest BCUT2D eigenvalue weighted by Crippen LogP contribution is 2.42. The molecular formula is C20H20F2N5O3P. The number of rotatable bonds is 6. The fourth-order valence-electron chi connectivity index (χ4n) is 3.67. The molecule has 3 heterocycles. The minimum Gasteiger partial charge on any atom is -0.493 e. The zero-order chi connectivity index (χ0) is 22.3. The lowest BCUT2D eigenvalue weighted by Crippen LogP contribution is -2.48. The molecular weight excluding hydrogens is 427 g/mol. The SMILES string of the molecule is C=CCN1C(=O)N(c2c(F)c(OC)cc(OC)c2F)Cc2cnc3c(cnn3PC)c21. The van der Waals surface area contributed by atoms with Gasteiger partial charge in [-0.15, -0.1) is 6.58 Å². The summed E-state index contributed by atoms with van der Waals surface area (Å²) in [7, 11) is 2.86. The Labute approximate surface area is 178 Å². The third-order valence-corrected chi connectivity index (χ3v) is 5.80. The number of methoxy groups -OCH3 is 2. The van der Waals surface area contributed by atoms with E-state index in [-0.39, 0.29) is 24.6 Å². The van der Waals surface area contributed by atoms with E-state index in [4.69, 9.17) is 9.47 Å². The summed E-state index contributed by atoms with van der Waals surface area (Å²) in [6.45, 7) is 5.72. The van der Waals surface area contributed by atoms with Crippen LogP contribution in [0.5, 0.6) is 11.5 Å². The predicted octanol–water partition coefficient (Wildman–Crippen LogP) is 3.93. The Balaban J connectivity index is 1.93. The van der Waals surface area contributed by atoms with E-state index < -0.39 is 23.4 Å². The molecule has 4 rings (SSSR count). The lowest BCUT2D eigenvalue weighted by atomic mass is 10.1. The van der Waals surface area contributed by atoms with Crippen LogP contribution in [0.4, 0.5) is 25.0 Å². The maximum absolute atomic E-state index is 15.1. The number of carbonyl (C=O) groups is 1. The van der Waals surface area contributed by atoms with Crippen molar-refractivity contribution in [3.63, 3.8) is 0 Å². The Morgan fingerprint density at radius 1 is 1.19 bits per heavy atom. The van der Waals surface area contributed by atoms with Gasteiger partial charge in [0.05, 0.1) is 38.0 Å². The van der Waals surface area contributed by atoms with Gasteiger partial charge in [-0.3, -0.25) is 9.80 Å². The first-order valence-corrected chi connectivity index (χ1v) is 10.7. The maximum atomic E-state index is 15.1. The summed E-state index contributed by atoms with van der Waals surface area (Å²) in [4.78, 5) is 20.3. The molecule has 1 atom stereocenters. The number of amides is 2. The van der Waals surface area contributed by atoms with Gasteiger partial charge in [0, 0.05) is 33.1 Å². The molecule has 2 amide bonds. The van der Waals surface area contributed by atoms with Crippen molar-refractivity contribution in [1.29, 1.82) is 0 Å². The van der Waals surface area contributed by atoms with Crippen molar-refractivity contribution in [2.45, 2.75) is 6.54 Å². The Kier molecular flexibility index (Phi) is 5.49. The zero-order valence-electron chi connectivity index (χ0n) is 17.1. The van der Waals surface area contributed by atoms with Crippen LogP contribution in [0.2, 0.25) is 0 Å². The van der Waals surface area contributed by atoms with Gasteiger partial charge in [0.1, 0.15) is 5.69 Å². The first-order chi connectivity index (χ1) is 15.0. The fraction of sp³-hybridized carbons (Fsp3) is 0.250. The molecule has 0 saturated heterocycles. The second-order valence-electron chi connectivity index (χ2n) is 6.67. The number of benzene rings is 1. The van der Waals surface area contributed by atoms with Crippen molar-refractivity contribution in [2.75, 3.05) is 37.2 Å². The summed E-state index contributed by atoms with van der Waals surface area (Å²) in [6.07, 6.45) is 4.79. The monoisotopic (exact) mass is 447 g/mol. The van der Waals surface area contributed by atoms with Gasteiger partial charge in [0.15, 0.2) is 28.8 Å². The van der Waals surface area contributed by atoms with Crippen LogP contribution in [0.1, 0.15) is 5.56 Å². The maximum Gasteiger partial charge on any atom is 0.329 e. The van der Waals surface area contributed by atoms with Crippen molar-refractivity contribution in [1.82, 2.24) is 14.5 Å². The van der Waals surface area contributed by atoms with Crippen LogP contribution in [0.3, 0.4) is 0 Å². The molecule has 0 saturated carbocycles. The first-order valence-electron chi connectivity index (χ1n) is 9.30. The van der Waals surface area contributed by atoms with Gasteiger partial charge in [-0.1, -0.05) is 6.08 Å². The van der Waals surface area contributed by atoms with Crippen molar-refractivity contribution < 1.29 is 23.0 Å². The average Bonchev–Trinajstić information content (AvgIpc) is 3.19. The Bertz CT molecular complexity index is 1170. The molecule has 8 nitrogen and oxygen atoms in total. The highest BCUT2D eigenvalue weighted by Gasteiger charge is 2.37. The van der Waals surface area contributed by atoms with E-state index in [0.29, 0.717) is 31.0 Å². The van der Waals surface area contributed by atoms with Crippen LogP contribution in [0, 0.1) is 11.6 Å². The van der Waals surface area contributed by atoms with Crippen molar-refractivity contribution in [3.05, 3.63) is 48.3 Å². The summed E-state index contributed by atoms with van der Waals surface area (Å²) in [5.41, 5.74) is 1.31. The second kappa shape index (κ2) is 8.11. The van der Waals surface area contributed by atoms with Gasteiger partial charge in [-0.2, -0.15) is 5.10 Å². The third-order valence-electron chi connectivity index (χ3n) is 5.05. The van der Waals surface area contributed by atoms with Gasteiger partial charge in [-0.25, -0.2) is 23.0 Å². The Morgan fingerprint density at radius 3 is 2.45 bits per heavy atom. The molecule has 162 valence electrons. The summed E-state index contributed by atoms with van der Waals surface area (Å²) in [5.74, 6) is -2.46.